The zero-order valence-corrected chi connectivity index (χ0v) is 44.6. The molecule has 0 unspecified atom stereocenters. The lowest BCUT2D eigenvalue weighted by Crippen LogP contribution is -2.01. The highest BCUT2D eigenvalue weighted by Gasteiger charge is 2.29. The Bertz CT molecular complexity index is 4990. The molecule has 0 saturated heterocycles. The highest BCUT2D eigenvalue weighted by molar-refractivity contribution is 6.21. The molecule has 0 N–H and O–H groups in total. The van der Waals surface area contributed by atoms with Gasteiger partial charge in [0.05, 0.1) is 45.6 Å². The van der Waals surface area contributed by atoms with Crippen molar-refractivity contribution in [2.45, 2.75) is 0 Å². The summed E-state index contributed by atoms with van der Waals surface area (Å²) in [6, 6.07) is 97.3. The van der Waals surface area contributed by atoms with Crippen molar-refractivity contribution in [3.05, 3.63) is 290 Å². The van der Waals surface area contributed by atoms with Crippen molar-refractivity contribution in [3.8, 4) is 90.0 Å². The van der Waals surface area contributed by atoms with Gasteiger partial charge in [0.2, 0.25) is 5.69 Å². The molecule has 0 bridgehead atoms. The van der Waals surface area contributed by atoms with E-state index in [9.17, 15) is 6.57 Å². The third-order valence-corrected chi connectivity index (χ3v) is 16.2. The molecule has 12 aromatic carbocycles. The van der Waals surface area contributed by atoms with E-state index < -0.39 is 0 Å². The zero-order valence-electron chi connectivity index (χ0n) is 44.6. The van der Waals surface area contributed by atoms with Crippen LogP contribution in [0, 0.1) is 6.57 Å². The third kappa shape index (κ3) is 7.92. The van der Waals surface area contributed by atoms with Crippen molar-refractivity contribution >= 4 is 71.2 Å². The number of furan rings is 1. The maximum Gasteiger partial charge on any atom is 0.234 e. The van der Waals surface area contributed by atoms with Gasteiger partial charge in [-0.05, 0) is 105 Å². The van der Waals surface area contributed by atoms with Gasteiger partial charge < -0.3 is 13.6 Å². The van der Waals surface area contributed by atoms with Gasteiger partial charge in [-0.1, -0.05) is 218 Å². The lowest BCUT2D eigenvalue weighted by Gasteiger charge is -2.18. The lowest BCUT2D eigenvalue weighted by molar-refractivity contribution is 0.669. The van der Waals surface area contributed by atoms with E-state index in [0.717, 1.165) is 110 Å². The van der Waals surface area contributed by atoms with Gasteiger partial charge in [0, 0.05) is 43.4 Å². The Balaban J connectivity index is 1.04. The molecular weight excluding hydrogens is 1010 g/mol. The second-order valence-corrected chi connectivity index (χ2v) is 21.0. The highest BCUT2D eigenvalue weighted by Crippen LogP contribution is 2.50. The number of para-hydroxylation sites is 1. The molecule has 0 radical (unpaired) electrons. The number of fused-ring (bicyclic) bond motifs is 9. The Hall–Kier alpha value is -11.5. The summed E-state index contributed by atoms with van der Waals surface area (Å²) in [7, 11) is 0. The van der Waals surface area contributed by atoms with Gasteiger partial charge in [0.15, 0.2) is 17.5 Å². The van der Waals surface area contributed by atoms with Crippen molar-refractivity contribution < 1.29 is 4.42 Å². The summed E-state index contributed by atoms with van der Waals surface area (Å²) in [5.74, 6) is 1.57. The highest BCUT2D eigenvalue weighted by atomic mass is 16.3. The number of hydrogen-bond acceptors (Lipinski definition) is 4. The molecule has 83 heavy (non-hydrogen) atoms. The smallest absolute Gasteiger partial charge is 0.234 e. The number of hydrogen-bond donors (Lipinski definition) is 0. The number of aromatic nitrogens is 5. The SMILES string of the molecule is [C-]#[N+]c1c(-n2c3ccc(-c4ccccc4)cc3c3cc(-c4ccccc4)ccc32)cc2oc3c(-c4nc(-c5ccccc5)nc(-c5ccccc5)n4)cccc3c2c1-n1c2ccc(-c3ccccc3)cc2c2cc(-c3ccccc3)ccc21. The van der Waals surface area contributed by atoms with E-state index >= 15 is 0 Å². The molecule has 16 rings (SSSR count). The van der Waals surface area contributed by atoms with E-state index in [2.05, 4.69) is 215 Å². The van der Waals surface area contributed by atoms with Gasteiger partial charge >= 0.3 is 0 Å². The van der Waals surface area contributed by atoms with Crippen LogP contribution in [0.2, 0.25) is 0 Å². The summed E-state index contributed by atoms with van der Waals surface area (Å²) < 4.78 is 12.0. The van der Waals surface area contributed by atoms with E-state index in [4.69, 9.17) is 24.2 Å². The first kappa shape index (κ1) is 47.5. The third-order valence-electron chi connectivity index (χ3n) is 16.2. The standard InChI is InChI=1S/C76H46N6O/c1-77-71-68(81-64-39-35-54(48-21-8-2-9-22-48)43-60(64)61-44-55(36-40-65(61)81)49-23-10-3-11-24-49)47-69-70(58-33-20-34-59(73(58)83-69)76-79-74(52-29-16-6-17-30-52)78-75(80-76)53-31-18-7-19-32-53)72(71)82-66-41-37-56(50-25-12-4-13-26-50)45-62(66)63-46-57(38-42-67(63)82)51-27-14-5-15-28-51/h2-47H. The lowest BCUT2D eigenvalue weighted by atomic mass is 10.0. The van der Waals surface area contributed by atoms with Gasteiger partial charge in [0.1, 0.15) is 11.2 Å². The minimum Gasteiger partial charge on any atom is -0.455 e. The van der Waals surface area contributed by atoms with Gasteiger partial charge in [0.25, 0.3) is 0 Å². The second-order valence-electron chi connectivity index (χ2n) is 21.0. The molecule has 0 saturated carbocycles. The normalized spacial score (nSPS) is 11.6. The van der Waals surface area contributed by atoms with Crippen LogP contribution in [0.25, 0.3) is 160 Å². The molecule has 0 atom stereocenters. The fourth-order valence-electron chi connectivity index (χ4n) is 12.3. The molecule has 16 aromatic rings. The Kier molecular flexibility index (Phi) is 11.1. The van der Waals surface area contributed by atoms with Gasteiger partial charge in [-0.25, -0.2) is 19.8 Å². The van der Waals surface area contributed by atoms with Gasteiger partial charge in [-0.15, -0.1) is 0 Å². The van der Waals surface area contributed by atoms with Crippen molar-refractivity contribution in [2.75, 3.05) is 0 Å². The predicted octanol–water partition coefficient (Wildman–Crippen LogP) is 20.2. The Morgan fingerprint density at radius 2 is 0.675 bits per heavy atom. The number of rotatable bonds is 9. The maximum absolute atomic E-state index is 9.61. The van der Waals surface area contributed by atoms with Crippen molar-refractivity contribution in [2.24, 2.45) is 0 Å². The molecule has 0 fully saturated rings. The van der Waals surface area contributed by atoms with Crippen LogP contribution in [-0.4, -0.2) is 24.1 Å². The molecule has 0 aliphatic carbocycles. The zero-order chi connectivity index (χ0) is 55.0. The average Bonchev–Trinajstić information content (AvgIpc) is 2.35. The molecule has 7 heteroatoms. The average molecular weight is 1060 g/mol. The van der Waals surface area contributed by atoms with Gasteiger partial charge in [-0.3, -0.25) is 0 Å². The van der Waals surface area contributed by atoms with Crippen LogP contribution >= 0.6 is 0 Å². The fourth-order valence-corrected chi connectivity index (χ4v) is 12.3. The van der Waals surface area contributed by atoms with E-state index in [0.29, 0.717) is 51.3 Å². The Morgan fingerprint density at radius 1 is 0.313 bits per heavy atom. The molecule has 4 heterocycles. The molecule has 4 aromatic heterocycles. The topological polar surface area (TPSA) is 66.0 Å². The Labute approximate surface area is 477 Å². The van der Waals surface area contributed by atoms with E-state index in [1.54, 1.807) is 0 Å². The maximum atomic E-state index is 9.61. The molecule has 386 valence electrons. The van der Waals surface area contributed by atoms with E-state index in [-0.39, 0.29) is 0 Å². The summed E-state index contributed by atoms with van der Waals surface area (Å²) in [5.41, 5.74) is 18.3. The number of benzene rings is 12. The minimum atomic E-state index is 0.471. The molecule has 7 nitrogen and oxygen atoms in total. The van der Waals surface area contributed by atoms with E-state index in [1.807, 2.05) is 72.8 Å². The van der Waals surface area contributed by atoms with Crippen LogP contribution in [0.3, 0.4) is 0 Å². The van der Waals surface area contributed by atoms with Crippen molar-refractivity contribution in [3.63, 3.8) is 0 Å². The monoisotopic (exact) mass is 1060 g/mol. The largest absolute Gasteiger partial charge is 0.455 e. The van der Waals surface area contributed by atoms with Crippen LogP contribution in [0.4, 0.5) is 5.69 Å². The molecule has 0 aliphatic rings. The van der Waals surface area contributed by atoms with Crippen molar-refractivity contribution in [1.29, 1.82) is 0 Å². The van der Waals surface area contributed by atoms with Crippen LogP contribution in [0.1, 0.15) is 0 Å². The van der Waals surface area contributed by atoms with E-state index in [1.165, 1.54) is 0 Å². The first-order chi connectivity index (χ1) is 41.1. The summed E-state index contributed by atoms with van der Waals surface area (Å²) in [6.45, 7) is 9.61. The molecule has 0 spiro atoms. The van der Waals surface area contributed by atoms with Crippen LogP contribution < -0.4 is 0 Å². The first-order valence-corrected chi connectivity index (χ1v) is 27.8. The van der Waals surface area contributed by atoms with Crippen LogP contribution in [-0.2, 0) is 0 Å². The summed E-state index contributed by atoms with van der Waals surface area (Å²) in [6.07, 6.45) is 0. The predicted molar refractivity (Wildman–Crippen MR) is 340 cm³/mol. The molecule has 0 aliphatic heterocycles. The quantitative estimate of drug-likeness (QED) is 0.135. The molecule has 0 amide bonds. The minimum absolute atomic E-state index is 0.471. The summed E-state index contributed by atoms with van der Waals surface area (Å²) in [5, 5.41) is 5.89. The summed E-state index contributed by atoms with van der Waals surface area (Å²) >= 11 is 0. The van der Waals surface area contributed by atoms with Crippen LogP contribution in [0.15, 0.2) is 283 Å². The second kappa shape index (κ2) is 19.4. The molecular formula is C76H46N6O. The first-order valence-electron chi connectivity index (χ1n) is 27.8. The van der Waals surface area contributed by atoms with Gasteiger partial charge in [-0.2, -0.15) is 0 Å². The number of nitrogens with zero attached hydrogens (tertiary/aromatic N) is 6. The van der Waals surface area contributed by atoms with Crippen LogP contribution in [0.5, 0.6) is 0 Å². The Morgan fingerprint density at radius 3 is 1.06 bits per heavy atom. The summed E-state index contributed by atoms with van der Waals surface area (Å²) in [4.78, 5) is 20.2. The fraction of sp³-hybridized carbons (Fsp3) is 0. The van der Waals surface area contributed by atoms with Crippen molar-refractivity contribution in [1.82, 2.24) is 24.1 Å².